The fourth-order valence-electron chi connectivity index (χ4n) is 0.207. The molecule has 6 heavy (non-hydrogen) atoms. The normalized spacial score (nSPS) is 18.2. The van der Waals surface area contributed by atoms with E-state index in [4.69, 9.17) is 11.6 Å². The van der Waals surface area contributed by atoms with Crippen LogP contribution in [0.5, 0.6) is 0 Å². The second kappa shape index (κ2) is 1.09. The van der Waals surface area contributed by atoms with Gasteiger partial charge in [0, 0.05) is 0 Å². The minimum atomic E-state index is -0.269. The molecule has 0 saturated heterocycles. The number of carbonyl (C=O) groups excluding carboxylic acids is 1. The molecule has 0 N–H and O–H groups in total. The fraction of sp³-hybridized carbons (Fsp3) is 0.250. The van der Waals surface area contributed by atoms with Crippen LogP contribution in [0.4, 0.5) is 0 Å². The third-order valence-electron chi connectivity index (χ3n) is 0.647. The fourth-order valence-corrected chi connectivity index (χ4v) is 0.352. The smallest absolute Gasteiger partial charge is 0.232 e. The molecule has 2 heteroatoms. The maximum absolute atomic E-state index is 9.91. The van der Waals surface area contributed by atoms with Crippen LogP contribution in [-0.4, -0.2) is 5.24 Å². The molecular weight excluding hydrogens is 99.5 g/mol. The van der Waals surface area contributed by atoms with E-state index in [2.05, 4.69) is 0 Å². The van der Waals surface area contributed by atoms with Crippen molar-refractivity contribution in [2.45, 2.75) is 0 Å². The van der Waals surface area contributed by atoms with Gasteiger partial charge in [-0.2, -0.15) is 0 Å². The minimum absolute atomic E-state index is 0.0216. The zero-order valence-electron chi connectivity index (χ0n) is 3.02. The van der Waals surface area contributed by atoms with E-state index in [1.807, 2.05) is 0 Å². The van der Waals surface area contributed by atoms with Gasteiger partial charge in [0.05, 0.1) is 5.92 Å². The summed E-state index contributed by atoms with van der Waals surface area (Å²) in [6, 6.07) is 0. The molecule has 0 bridgehead atoms. The predicted octanol–water partition coefficient (Wildman–Crippen LogP) is 0.938. The second-order valence-electron chi connectivity index (χ2n) is 1.21. The average Bonchev–Trinajstić information content (AvgIpc) is 2.06. The first-order chi connectivity index (χ1) is 2.80. The standard InChI is InChI=1S/C4H3ClO/c5-4(6)3-1-2-3/h1-3H. The summed E-state index contributed by atoms with van der Waals surface area (Å²) in [5, 5.41) is -0.269. The summed E-state index contributed by atoms with van der Waals surface area (Å²) in [5.74, 6) is -0.0216. The van der Waals surface area contributed by atoms with Gasteiger partial charge in [-0.15, -0.1) is 0 Å². The molecule has 32 valence electrons. The molecule has 1 rings (SSSR count). The van der Waals surface area contributed by atoms with Crippen LogP contribution in [0.1, 0.15) is 0 Å². The summed E-state index contributed by atoms with van der Waals surface area (Å²) in [6.07, 6.45) is 3.52. The molecule has 1 aliphatic rings. The predicted molar refractivity (Wildman–Crippen MR) is 23.5 cm³/mol. The van der Waals surface area contributed by atoms with Crippen molar-refractivity contribution in [2.24, 2.45) is 5.92 Å². The van der Waals surface area contributed by atoms with Crippen molar-refractivity contribution >= 4 is 16.8 Å². The van der Waals surface area contributed by atoms with Gasteiger partial charge in [0.2, 0.25) is 5.24 Å². The van der Waals surface area contributed by atoms with Crippen LogP contribution in [0, 0.1) is 5.92 Å². The summed E-state index contributed by atoms with van der Waals surface area (Å²) in [7, 11) is 0. The van der Waals surface area contributed by atoms with Crippen LogP contribution in [0.25, 0.3) is 0 Å². The number of hydrogen-bond acceptors (Lipinski definition) is 1. The van der Waals surface area contributed by atoms with Crippen molar-refractivity contribution < 1.29 is 4.79 Å². The van der Waals surface area contributed by atoms with Gasteiger partial charge in [-0.05, 0) is 11.6 Å². The molecule has 0 unspecified atom stereocenters. The van der Waals surface area contributed by atoms with E-state index in [9.17, 15) is 4.79 Å². The highest BCUT2D eigenvalue weighted by Crippen LogP contribution is 2.17. The van der Waals surface area contributed by atoms with Gasteiger partial charge < -0.3 is 0 Å². The van der Waals surface area contributed by atoms with E-state index in [0.717, 1.165) is 0 Å². The number of allylic oxidation sites excluding steroid dienone is 2. The molecule has 0 fully saturated rings. The lowest BCUT2D eigenvalue weighted by molar-refractivity contribution is -0.112. The molecule has 0 atom stereocenters. The Labute approximate surface area is 40.6 Å². The lowest BCUT2D eigenvalue weighted by atomic mass is 10.4. The summed E-state index contributed by atoms with van der Waals surface area (Å²) in [4.78, 5) is 9.91. The number of hydrogen-bond donors (Lipinski definition) is 0. The van der Waals surface area contributed by atoms with Crippen LogP contribution in [0.2, 0.25) is 0 Å². The lowest BCUT2D eigenvalue weighted by Crippen LogP contribution is -1.86. The Morgan fingerprint density at radius 1 is 1.67 bits per heavy atom. The van der Waals surface area contributed by atoms with Gasteiger partial charge in [0.15, 0.2) is 0 Å². The van der Waals surface area contributed by atoms with E-state index in [1.54, 1.807) is 12.2 Å². The van der Waals surface area contributed by atoms with Gasteiger partial charge in [-0.3, -0.25) is 4.79 Å². The van der Waals surface area contributed by atoms with Crippen molar-refractivity contribution in [3.63, 3.8) is 0 Å². The highest BCUT2D eigenvalue weighted by molar-refractivity contribution is 6.64. The zero-order chi connectivity index (χ0) is 4.57. The van der Waals surface area contributed by atoms with E-state index < -0.39 is 0 Å². The Morgan fingerprint density at radius 3 is 2.17 bits per heavy atom. The highest BCUT2D eigenvalue weighted by atomic mass is 35.5. The molecule has 0 heterocycles. The number of carbonyl (C=O) groups is 1. The Kier molecular flexibility index (Phi) is 0.701. The SMILES string of the molecule is O=C(Cl)C1C=C1. The van der Waals surface area contributed by atoms with Crippen molar-refractivity contribution in [2.75, 3.05) is 0 Å². The van der Waals surface area contributed by atoms with Crippen LogP contribution >= 0.6 is 11.6 Å². The Balaban J connectivity index is 2.35. The van der Waals surface area contributed by atoms with E-state index >= 15 is 0 Å². The van der Waals surface area contributed by atoms with Gasteiger partial charge in [-0.1, -0.05) is 12.2 Å². The molecule has 1 aliphatic carbocycles. The third kappa shape index (κ3) is 0.601. The van der Waals surface area contributed by atoms with E-state index in [0.29, 0.717) is 0 Å². The van der Waals surface area contributed by atoms with Crippen LogP contribution in [-0.2, 0) is 4.79 Å². The van der Waals surface area contributed by atoms with Gasteiger partial charge in [0.1, 0.15) is 0 Å². The molecule has 0 saturated carbocycles. The molecule has 0 aromatic rings. The third-order valence-corrected chi connectivity index (χ3v) is 0.899. The van der Waals surface area contributed by atoms with Crippen molar-refractivity contribution in [3.8, 4) is 0 Å². The molecule has 0 aromatic heterocycles. The lowest BCUT2D eigenvalue weighted by Gasteiger charge is -1.74. The Morgan fingerprint density at radius 2 is 2.17 bits per heavy atom. The van der Waals surface area contributed by atoms with E-state index in [1.165, 1.54) is 0 Å². The maximum atomic E-state index is 9.91. The minimum Gasteiger partial charge on any atom is -0.280 e. The summed E-state index contributed by atoms with van der Waals surface area (Å²) in [5.41, 5.74) is 0. The van der Waals surface area contributed by atoms with E-state index in [-0.39, 0.29) is 11.2 Å². The topological polar surface area (TPSA) is 17.1 Å². The molecule has 0 aromatic carbocycles. The van der Waals surface area contributed by atoms with Crippen LogP contribution in [0.15, 0.2) is 12.2 Å². The average molecular weight is 103 g/mol. The van der Waals surface area contributed by atoms with Gasteiger partial charge >= 0.3 is 0 Å². The molecule has 0 aliphatic heterocycles. The number of rotatable bonds is 1. The van der Waals surface area contributed by atoms with Crippen molar-refractivity contribution in [3.05, 3.63) is 12.2 Å². The molecule has 0 amide bonds. The molecule has 0 radical (unpaired) electrons. The van der Waals surface area contributed by atoms with Crippen LogP contribution < -0.4 is 0 Å². The molecule has 1 nitrogen and oxygen atoms in total. The zero-order valence-corrected chi connectivity index (χ0v) is 3.77. The Hall–Kier alpha value is -0.300. The van der Waals surface area contributed by atoms with Crippen LogP contribution in [0.3, 0.4) is 0 Å². The maximum Gasteiger partial charge on any atom is 0.232 e. The quantitative estimate of drug-likeness (QED) is 0.356. The van der Waals surface area contributed by atoms with Crippen molar-refractivity contribution in [1.29, 1.82) is 0 Å². The van der Waals surface area contributed by atoms with Gasteiger partial charge in [0.25, 0.3) is 0 Å². The molecule has 0 spiro atoms. The second-order valence-corrected chi connectivity index (χ2v) is 1.59. The van der Waals surface area contributed by atoms with Crippen molar-refractivity contribution in [1.82, 2.24) is 0 Å². The highest BCUT2D eigenvalue weighted by Gasteiger charge is 2.17. The first-order valence-electron chi connectivity index (χ1n) is 1.68. The first-order valence-corrected chi connectivity index (χ1v) is 2.06. The summed E-state index contributed by atoms with van der Waals surface area (Å²) in [6.45, 7) is 0. The number of halogens is 1. The summed E-state index contributed by atoms with van der Waals surface area (Å²) >= 11 is 4.97. The largest absolute Gasteiger partial charge is 0.280 e. The monoisotopic (exact) mass is 102 g/mol. The van der Waals surface area contributed by atoms with Gasteiger partial charge in [-0.25, -0.2) is 0 Å². The summed E-state index contributed by atoms with van der Waals surface area (Å²) < 4.78 is 0. The first kappa shape index (κ1) is 3.88. The molecular formula is C4H3ClO. The Bertz CT molecular complexity index is 100.